The van der Waals surface area contributed by atoms with E-state index in [4.69, 9.17) is 20.8 Å². The minimum atomic E-state index is -0.535. The summed E-state index contributed by atoms with van der Waals surface area (Å²) in [5.74, 6) is 0.980. The van der Waals surface area contributed by atoms with Gasteiger partial charge in [-0.3, -0.25) is 4.79 Å². The van der Waals surface area contributed by atoms with Gasteiger partial charge in [0, 0.05) is 27.8 Å². The number of hydrogen-bond acceptors (Lipinski definition) is 7. The van der Waals surface area contributed by atoms with E-state index < -0.39 is 11.2 Å². The summed E-state index contributed by atoms with van der Waals surface area (Å²) < 4.78 is 10.4. The number of hydrogen-bond donors (Lipinski definition) is 1. The number of nitriles is 1. The molecule has 0 fully saturated rings. The minimum Gasteiger partial charge on any atom is -0.497 e. The zero-order valence-corrected chi connectivity index (χ0v) is 18.6. The van der Waals surface area contributed by atoms with Crippen molar-refractivity contribution in [2.45, 2.75) is 17.8 Å². The largest absolute Gasteiger partial charge is 0.497 e. The van der Waals surface area contributed by atoms with Crippen LogP contribution in [0.5, 0.6) is 5.75 Å². The van der Waals surface area contributed by atoms with Crippen LogP contribution in [0.25, 0.3) is 22.2 Å². The molecule has 4 rings (SSSR count). The van der Waals surface area contributed by atoms with E-state index >= 15 is 0 Å². The molecule has 9 heteroatoms. The van der Waals surface area contributed by atoms with Crippen molar-refractivity contribution in [3.8, 4) is 23.1 Å². The highest BCUT2D eigenvalue weighted by Gasteiger charge is 2.15. The molecular formula is C23H16ClN3O4S. The lowest BCUT2D eigenvalue weighted by Crippen LogP contribution is -2.14. The smallest absolute Gasteiger partial charge is 0.336 e. The molecule has 2 aromatic heterocycles. The molecule has 7 nitrogen and oxygen atoms in total. The van der Waals surface area contributed by atoms with Crippen molar-refractivity contribution in [2.24, 2.45) is 0 Å². The minimum absolute atomic E-state index is 0.0763. The Kier molecular flexibility index (Phi) is 6.04. The van der Waals surface area contributed by atoms with E-state index in [1.807, 2.05) is 13.0 Å². The van der Waals surface area contributed by atoms with E-state index in [-0.39, 0.29) is 11.3 Å². The first-order valence-corrected chi connectivity index (χ1v) is 10.8. The second-order valence-corrected chi connectivity index (χ2v) is 8.28. The molecule has 0 spiro atoms. The van der Waals surface area contributed by atoms with Crippen LogP contribution >= 0.6 is 23.4 Å². The predicted molar refractivity (Wildman–Crippen MR) is 123 cm³/mol. The van der Waals surface area contributed by atoms with Gasteiger partial charge in [0.15, 0.2) is 5.16 Å². The van der Waals surface area contributed by atoms with Gasteiger partial charge in [-0.1, -0.05) is 23.4 Å². The molecule has 0 bridgehead atoms. The van der Waals surface area contributed by atoms with Crippen molar-refractivity contribution in [3.05, 3.63) is 85.0 Å². The molecule has 0 atom stereocenters. The van der Waals surface area contributed by atoms with E-state index in [1.165, 1.54) is 17.8 Å². The van der Waals surface area contributed by atoms with E-state index in [2.05, 4.69) is 9.97 Å². The number of H-pyrrole nitrogens is 1. The fourth-order valence-corrected chi connectivity index (χ4v) is 4.21. The van der Waals surface area contributed by atoms with Gasteiger partial charge in [0.25, 0.3) is 5.56 Å². The standard InChI is InChI=1S/C23H16ClN3O4S/c1-12-7-19-16(9-18(12)24)14(8-20(28)31-19)11-32-23-26-21(17(10-25)22(29)27-23)13-3-5-15(30-2)6-4-13/h3-9H,11H2,1-2H3,(H,26,27,29). The van der Waals surface area contributed by atoms with Crippen LogP contribution in [0.2, 0.25) is 5.02 Å². The molecule has 0 aliphatic rings. The summed E-state index contributed by atoms with van der Waals surface area (Å²) in [6, 6.07) is 13.7. The molecule has 1 N–H and O–H groups in total. The maximum Gasteiger partial charge on any atom is 0.336 e. The zero-order valence-electron chi connectivity index (χ0n) is 17.1. The first kappa shape index (κ1) is 21.7. The summed E-state index contributed by atoms with van der Waals surface area (Å²) in [4.78, 5) is 31.7. The molecule has 4 aromatic rings. The molecule has 0 amide bonds. The SMILES string of the molecule is COc1ccc(-c2nc(SCc3cc(=O)oc4cc(C)c(Cl)cc34)[nH]c(=O)c2C#N)cc1. The van der Waals surface area contributed by atoms with Gasteiger partial charge in [0.2, 0.25) is 0 Å². The second kappa shape index (κ2) is 8.91. The average molecular weight is 466 g/mol. The van der Waals surface area contributed by atoms with Crippen molar-refractivity contribution in [3.63, 3.8) is 0 Å². The Morgan fingerprint density at radius 3 is 2.66 bits per heavy atom. The van der Waals surface area contributed by atoms with E-state index in [0.29, 0.717) is 43.8 Å². The molecule has 0 saturated carbocycles. The highest BCUT2D eigenvalue weighted by atomic mass is 35.5. The molecular weight excluding hydrogens is 450 g/mol. The van der Waals surface area contributed by atoms with Gasteiger partial charge in [0.05, 0.1) is 12.8 Å². The summed E-state index contributed by atoms with van der Waals surface area (Å²) in [6.45, 7) is 1.83. The third-order valence-electron chi connectivity index (χ3n) is 4.85. The van der Waals surface area contributed by atoms with Crippen LogP contribution in [0, 0.1) is 18.3 Å². The molecule has 0 unspecified atom stereocenters. The topological polar surface area (TPSA) is 109 Å². The number of aromatic nitrogens is 2. The molecule has 32 heavy (non-hydrogen) atoms. The molecule has 0 radical (unpaired) electrons. The Hall–Kier alpha value is -3.54. The normalized spacial score (nSPS) is 10.8. The van der Waals surface area contributed by atoms with Gasteiger partial charge in [-0.15, -0.1) is 0 Å². The fourth-order valence-electron chi connectivity index (χ4n) is 3.20. The van der Waals surface area contributed by atoms with E-state index in [1.54, 1.807) is 43.5 Å². The second-order valence-electron chi connectivity index (χ2n) is 6.91. The van der Waals surface area contributed by atoms with Gasteiger partial charge in [0.1, 0.15) is 23.0 Å². The number of thioether (sulfide) groups is 1. The monoisotopic (exact) mass is 465 g/mol. The lowest BCUT2D eigenvalue weighted by Gasteiger charge is -2.09. The number of fused-ring (bicyclic) bond motifs is 1. The van der Waals surface area contributed by atoms with Crippen LogP contribution in [0.1, 0.15) is 16.7 Å². The maximum absolute atomic E-state index is 12.5. The van der Waals surface area contributed by atoms with Gasteiger partial charge in [-0.05, 0) is 54.4 Å². The average Bonchev–Trinajstić information content (AvgIpc) is 2.78. The third kappa shape index (κ3) is 4.26. The van der Waals surface area contributed by atoms with Gasteiger partial charge in [-0.2, -0.15) is 5.26 Å². The van der Waals surface area contributed by atoms with Gasteiger partial charge >= 0.3 is 5.63 Å². The van der Waals surface area contributed by atoms with Gasteiger partial charge < -0.3 is 14.1 Å². The lowest BCUT2D eigenvalue weighted by atomic mass is 10.1. The number of ether oxygens (including phenoxy) is 1. The Morgan fingerprint density at radius 2 is 1.97 bits per heavy atom. The van der Waals surface area contributed by atoms with Crippen LogP contribution < -0.4 is 15.9 Å². The summed E-state index contributed by atoms with van der Waals surface area (Å²) in [5, 5.41) is 11.0. The van der Waals surface area contributed by atoms with Crippen LogP contribution in [0.15, 0.2) is 61.6 Å². The number of benzene rings is 2. The Bertz CT molecular complexity index is 1490. The van der Waals surface area contributed by atoms with Crippen molar-refractivity contribution >= 4 is 34.3 Å². The Morgan fingerprint density at radius 1 is 1.22 bits per heavy atom. The number of aromatic amines is 1. The number of rotatable bonds is 5. The van der Waals surface area contributed by atoms with Crippen molar-refractivity contribution in [2.75, 3.05) is 7.11 Å². The van der Waals surface area contributed by atoms with Crippen molar-refractivity contribution in [1.29, 1.82) is 5.26 Å². The highest BCUT2D eigenvalue weighted by Crippen LogP contribution is 2.30. The maximum atomic E-state index is 12.5. The molecule has 2 aromatic carbocycles. The molecule has 160 valence electrons. The fraction of sp³-hybridized carbons (Fsp3) is 0.130. The quantitative estimate of drug-likeness (QED) is 0.259. The third-order valence-corrected chi connectivity index (χ3v) is 6.18. The molecule has 0 saturated heterocycles. The number of methoxy groups -OCH3 is 1. The zero-order chi connectivity index (χ0) is 22.8. The summed E-state index contributed by atoms with van der Waals surface area (Å²) >= 11 is 7.49. The summed E-state index contributed by atoms with van der Waals surface area (Å²) in [6.07, 6.45) is 0. The lowest BCUT2D eigenvalue weighted by molar-refractivity contribution is 0.415. The molecule has 2 heterocycles. The first-order chi connectivity index (χ1) is 15.4. The van der Waals surface area contributed by atoms with Crippen LogP contribution in [-0.4, -0.2) is 17.1 Å². The van der Waals surface area contributed by atoms with Crippen LogP contribution in [-0.2, 0) is 5.75 Å². The number of aryl methyl sites for hydroxylation is 1. The van der Waals surface area contributed by atoms with Gasteiger partial charge in [-0.25, -0.2) is 9.78 Å². The number of nitrogens with one attached hydrogen (secondary N) is 1. The molecule has 0 aliphatic heterocycles. The number of nitrogens with zero attached hydrogens (tertiary/aromatic N) is 2. The Balaban J connectivity index is 1.72. The molecule has 0 aliphatic carbocycles. The summed E-state index contributed by atoms with van der Waals surface area (Å²) in [7, 11) is 1.55. The highest BCUT2D eigenvalue weighted by molar-refractivity contribution is 7.98. The van der Waals surface area contributed by atoms with Crippen molar-refractivity contribution < 1.29 is 9.15 Å². The van der Waals surface area contributed by atoms with E-state index in [0.717, 1.165) is 5.56 Å². The van der Waals surface area contributed by atoms with Crippen LogP contribution in [0.4, 0.5) is 0 Å². The predicted octanol–water partition coefficient (Wildman–Crippen LogP) is 4.68. The first-order valence-electron chi connectivity index (χ1n) is 9.44. The Labute approximate surface area is 191 Å². The van der Waals surface area contributed by atoms with Crippen LogP contribution in [0.3, 0.4) is 0 Å². The van der Waals surface area contributed by atoms with E-state index in [9.17, 15) is 14.9 Å². The number of halogens is 1. The van der Waals surface area contributed by atoms with Crippen molar-refractivity contribution in [1.82, 2.24) is 9.97 Å². The summed E-state index contributed by atoms with van der Waals surface area (Å²) in [5.41, 5.74) is 1.74.